The number of hydrogen-bond acceptors (Lipinski definition) is 1. The third kappa shape index (κ3) is 4.73. The van der Waals surface area contributed by atoms with Crippen LogP contribution in [-0.4, -0.2) is 11.5 Å². The first kappa shape index (κ1) is 10.3. The van der Waals surface area contributed by atoms with Gasteiger partial charge in [0.05, 0.1) is 0 Å². The minimum absolute atomic E-state index is 0.433. The van der Waals surface area contributed by atoms with E-state index in [0.29, 0.717) is 5.41 Å². The van der Waals surface area contributed by atoms with Crippen molar-refractivity contribution >= 4 is 0 Å². The summed E-state index contributed by atoms with van der Waals surface area (Å²) in [7, 11) is 0. The highest BCUT2D eigenvalue weighted by molar-refractivity contribution is 5.02. The lowest BCUT2D eigenvalue weighted by Crippen LogP contribution is -2.20. The van der Waals surface area contributed by atoms with Crippen LogP contribution in [-0.2, 0) is 6.54 Å². The van der Waals surface area contributed by atoms with Gasteiger partial charge >= 0.3 is 0 Å². The average molecular weight is 180 g/mol. The molecule has 1 aromatic heterocycles. The Hall–Kier alpha value is -0.760. The lowest BCUT2D eigenvalue weighted by molar-refractivity contribution is 0.366. The van der Waals surface area contributed by atoms with Crippen molar-refractivity contribution in [2.75, 3.05) is 6.54 Å². The van der Waals surface area contributed by atoms with Gasteiger partial charge in [-0.2, -0.15) is 0 Å². The number of rotatable bonds is 4. The summed E-state index contributed by atoms with van der Waals surface area (Å²) in [6.45, 7) is 8.83. The molecule has 2 nitrogen and oxygen atoms in total. The standard InChI is InChI=1S/C11H20N2/c1-11(2,3)6-8-12-9-10-5-4-7-13-10/h4-5,7,12-13H,6,8-9H2,1-3H3. The molecule has 0 bridgehead atoms. The van der Waals surface area contributed by atoms with Crippen molar-refractivity contribution in [3.05, 3.63) is 24.0 Å². The Morgan fingerprint density at radius 2 is 2.15 bits per heavy atom. The summed E-state index contributed by atoms with van der Waals surface area (Å²) in [6.07, 6.45) is 3.18. The van der Waals surface area contributed by atoms with Gasteiger partial charge in [-0.15, -0.1) is 0 Å². The van der Waals surface area contributed by atoms with Gasteiger partial charge in [0.1, 0.15) is 0 Å². The zero-order chi connectivity index (χ0) is 9.73. The minimum Gasteiger partial charge on any atom is -0.364 e. The van der Waals surface area contributed by atoms with Crippen LogP contribution < -0.4 is 5.32 Å². The molecule has 1 aromatic rings. The zero-order valence-corrected chi connectivity index (χ0v) is 8.85. The maximum Gasteiger partial charge on any atom is 0.0357 e. The molecule has 74 valence electrons. The van der Waals surface area contributed by atoms with Crippen molar-refractivity contribution < 1.29 is 0 Å². The fraction of sp³-hybridized carbons (Fsp3) is 0.636. The highest BCUT2D eigenvalue weighted by Crippen LogP contribution is 2.16. The van der Waals surface area contributed by atoms with Crippen molar-refractivity contribution in [3.63, 3.8) is 0 Å². The van der Waals surface area contributed by atoms with Gasteiger partial charge in [0.25, 0.3) is 0 Å². The molecule has 0 spiro atoms. The summed E-state index contributed by atoms with van der Waals surface area (Å²) in [5.41, 5.74) is 1.69. The Morgan fingerprint density at radius 3 is 2.69 bits per heavy atom. The molecule has 0 aromatic carbocycles. The molecule has 0 unspecified atom stereocenters. The fourth-order valence-corrected chi connectivity index (χ4v) is 1.16. The molecule has 0 aliphatic rings. The van der Waals surface area contributed by atoms with Gasteiger partial charge in [-0.25, -0.2) is 0 Å². The summed E-state index contributed by atoms with van der Waals surface area (Å²) >= 11 is 0. The number of hydrogen-bond donors (Lipinski definition) is 2. The largest absolute Gasteiger partial charge is 0.364 e. The molecule has 0 fully saturated rings. The first-order chi connectivity index (χ1) is 6.08. The van der Waals surface area contributed by atoms with E-state index >= 15 is 0 Å². The second-order valence-electron chi connectivity index (χ2n) is 4.68. The van der Waals surface area contributed by atoms with E-state index in [2.05, 4.69) is 37.1 Å². The number of aromatic amines is 1. The summed E-state index contributed by atoms with van der Waals surface area (Å²) < 4.78 is 0. The van der Waals surface area contributed by atoms with Gasteiger partial charge in [0, 0.05) is 18.4 Å². The van der Waals surface area contributed by atoms with Crippen LogP contribution in [0.1, 0.15) is 32.9 Å². The molecule has 0 aliphatic heterocycles. The van der Waals surface area contributed by atoms with Gasteiger partial charge in [-0.3, -0.25) is 0 Å². The van der Waals surface area contributed by atoms with Gasteiger partial charge in [-0.05, 0) is 30.5 Å². The smallest absolute Gasteiger partial charge is 0.0357 e. The highest BCUT2D eigenvalue weighted by atomic mass is 14.9. The molecule has 13 heavy (non-hydrogen) atoms. The van der Waals surface area contributed by atoms with Crippen LogP contribution >= 0.6 is 0 Å². The van der Waals surface area contributed by atoms with E-state index in [1.807, 2.05) is 12.3 Å². The Kier molecular flexibility index (Phi) is 3.55. The summed E-state index contributed by atoms with van der Waals surface area (Å²) in [5, 5.41) is 3.41. The average Bonchev–Trinajstić information content (AvgIpc) is 2.48. The topological polar surface area (TPSA) is 27.8 Å². The second kappa shape index (κ2) is 4.47. The van der Waals surface area contributed by atoms with Crippen LogP contribution in [0, 0.1) is 5.41 Å². The maximum atomic E-state index is 3.41. The monoisotopic (exact) mass is 180 g/mol. The molecule has 0 radical (unpaired) electrons. The molecule has 0 aliphatic carbocycles. The molecule has 0 atom stereocenters. The molecule has 0 saturated carbocycles. The van der Waals surface area contributed by atoms with Crippen LogP contribution in [0.15, 0.2) is 18.3 Å². The van der Waals surface area contributed by atoms with Crippen LogP contribution in [0.5, 0.6) is 0 Å². The lowest BCUT2D eigenvalue weighted by Gasteiger charge is -2.17. The first-order valence-electron chi connectivity index (χ1n) is 4.91. The third-order valence-corrected chi connectivity index (χ3v) is 2.03. The van der Waals surface area contributed by atoms with Crippen LogP contribution in [0.2, 0.25) is 0 Å². The van der Waals surface area contributed by atoms with E-state index in [1.165, 1.54) is 12.1 Å². The Bertz CT molecular complexity index is 219. The second-order valence-corrected chi connectivity index (χ2v) is 4.68. The summed E-state index contributed by atoms with van der Waals surface area (Å²) in [6, 6.07) is 4.13. The van der Waals surface area contributed by atoms with Crippen molar-refractivity contribution in [1.29, 1.82) is 0 Å². The van der Waals surface area contributed by atoms with Crippen LogP contribution in [0.25, 0.3) is 0 Å². The lowest BCUT2D eigenvalue weighted by atomic mass is 9.92. The zero-order valence-electron chi connectivity index (χ0n) is 8.85. The predicted octanol–water partition coefficient (Wildman–Crippen LogP) is 2.54. The van der Waals surface area contributed by atoms with Gasteiger partial charge < -0.3 is 10.3 Å². The summed E-state index contributed by atoms with van der Waals surface area (Å²) in [5.74, 6) is 0. The van der Waals surface area contributed by atoms with Crippen molar-refractivity contribution in [2.24, 2.45) is 5.41 Å². The summed E-state index contributed by atoms with van der Waals surface area (Å²) in [4.78, 5) is 3.17. The van der Waals surface area contributed by atoms with E-state index in [4.69, 9.17) is 0 Å². The van der Waals surface area contributed by atoms with Crippen molar-refractivity contribution in [2.45, 2.75) is 33.7 Å². The molecular formula is C11H20N2. The van der Waals surface area contributed by atoms with Crippen LogP contribution in [0.3, 0.4) is 0 Å². The minimum atomic E-state index is 0.433. The molecule has 0 saturated heterocycles. The van der Waals surface area contributed by atoms with Crippen molar-refractivity contribution in [3.8, 4) is 0 Å². The Morgan fingerprint density at radius 1 is 1.38 bits per heavy atom. The van der Waals surface area contributed by atoms with Crippen LogP contribution in [0.4, 0.5) is 0 Å². The van der Waals surface area contributed by atoms with E-state index in [1.54, 1.807) is 0 Å². The number of nitrogens with one attached hydrogen (secondary N) is 2. The Labute approximate surface area is 80.7 Å². The highest BCUT2D eigenvalue weighted by Gasteiger charge is 2.08. The van der Waals surface area contributed by atoms with Gasteiger partial charge in [0.2, 0.25) is 0 Å². The van der Waals surface area contributed by atoms with E-state index in [9.17, 15) is 0 Å². The molecule has 0 amide bonds. The number of aromatic nitrogens is 1. The normalized spacial score (nSPS) is 11.9. The quantitative estimate of drug-likeness (QED) is 0.685. The first-order valence-corrected chi connectivity index (χ1v) is 4.91. The SMILES string of the molecule is CC(C)(C)CCNCc1ccc[nH]1. The third-order valence-electron chi connectivity index (χ3n) is 2.03. The maximum absolute atomic E-state index is 3.41. The molecule has 1 rings (SSSR count). The van der Waals surface area contributed by atoms with Gasteiger partial charge in [-0.1, -0.05) is 20.8 Å². The van der Waals surface area contributed by atoms with E-state index in [-0.39, 0.29) is 0 Å². The van der Waals surface area contributed by atoms with Gasteiger partial charge in [0.15, 0.2) is 0 Å². The molecular weight excluding hydrogens is 160 g/mol. The number of H-pyrrole nitrogens is 1. The Balaban J connectivity index is 2.09. The predicted molar refractivity (Wildman–Crippen MR) is 56.6 cm³/mol. The molecule has 2 N–H and O–H groups in total. The van der Waals surface area contributed by atoms with Crippen molar-refractivity contribution in [1.82, 2.24) is 10.3 Å². The molecule has 2 heteroatoms. The van der Waals surface area contributed by atoms with E-state index in [0.717, 1.165) is 13.1 Å². The molecule has 1 heterocycles. The van der Waals surface area contributed by atoms with E-state index < -0.39 is 0 Å². The fourth-order valence-electron chi connectivity index (χ4n) is 1.16.